The number of unbranched alkanes of at least 4 members (excludes halogenated alkanes) is 36. The van der Waals surface area contributed by atoms with Crippen molar-refractivity contribution in [2.45, 2.75) is 290 Å². The molecule has 0 aliphatic heterocycles. The third-order valence-electron chi connectivity index (χ3n) is 17.4. The Bertz CT molecular complexity index is 2560. The van der Waals surface area contributed by atoms with Crippen LogP contribution in [0.1, 0.15) is 307 Å². The summed E-state index contributed by atoms with van der Waals surface area (Å²) in [6.07, 6.45) is 55.7. The molecule has 21 nitrogen and oxygen atoms in total. The van der Waals surface area contributed by atoms with Gasteiger partial charge in [0.2, 0.25) is 0 Å². The molecule has 0 aliphatic rings. The van der Waals surface area contributed by atoms with E-state index in [1.807, 2.05) is 72.8 Å². The summed E-state index contributed by atoms with van der Waals surface area (Å²) in [7, 11) is -8.03. The molecule has 0 heterocycles. The van der Waals surface area contributed by atoms with Gasteiger partial charge in [-0.3, -0.25) is 13.7 Å². The number of methoxy groups -OCH3 is 3. The maximum Gasteiger partial charge on any atom is 3.00 e. The zero-order chi connectivity index (χ0) is 79.0. The van der Waals surface area contributed by atoms with Gasteiger partial charge in [0.05, 0.1) is 80.8 Å². The van der Waals surface area contributed by atoms with Crippen LogP contribution in [0.15, 0.2) is 91.0 Å². The van der Waals surface area contributed by atoms with E-state index in [1.165, 1.54) is 192 Å². The molecule has 3 atom stereocenters. The average Bonchev–Trinajstić information content (AvgIpc) is 1.13. The fourth-order valence-corrected chi connectivity index (χ4v) is 13.3. The Labute approximate surface area is 667 Å². The quantitative estimate of drug-likeness (QED) is 0.0127. The van der Waals surface area contributed by atoms with Crippen molar-refractivity contribution in [3.63, 3.8) is 0 Å². The molecule has 3 rings (SSSR count). The van der Waals surface area contributed by atoms with Crippen LogP contribution in [-0.4, -0.2) is 116 Å². The number of carbonyl (C=O) groups is 3. The molecular weight excluding hydrogens is 1460 g/mol. The van der Waals surface area contributed by atoms with E-state index >= 15 is 0 Å². The van der Waals surface area contributed by atoms with Crippen LogP contribution in [-0.2, 0) is 69.4 Å². The molecule has 0 radical (unpaired) electrons. The minimum Gasteiger partial charge on any atom is -0.756 e. The molecule has 0 fully saturated rings. The maximum absolute atomic E-state index is 11.8. The molecular formula is C84H138AlO21P3. The maximum atomic E-state index is 11.8. The second-order valence-corrected chi connectivity index (χ2v) is 31.2. The first-order chi connectivity index (χ1) is 52.4. The van der Waals surface area contributed by atoms with Crippen molar-refractivity contribution in [1.29, 1.82) is 0 Å². The first-order valence-corrected chi connectivity index (χ1v) is 45.1. The number of phosphoric acid groups is 3. The predicted octanol–water partition coefficient (Wildman–Crippen LogP) is 21.3. The second-order valence-electron chi connectivity index (χ2n) is 27.0. The van der Waals surface area contributed by atoms with Crippen molar-refractivity contribution in [1.82, 2.24) is 0 Å². The van der Waals surface area contributed by atoms with Gasteiger partial charge >= 0.3 is 35.3 Å². The van der Waals surface area contributed by atoms with Crippen molar-refractivity contribution in [2.75, 3.05) is 80.8 Å². The zero-order valence-corrected chi connectivity index (χ0v) is 71.3. The molecule has 3 aromatic rings. The van der Waals surface area contributed by atoms with Crippen molar-refractivity contribution >= 4 is 77.0 Å². The molecule has 25 heteroatoms. The van der Waals surface area contributed by atoms with E-state index in [1.54, 1.807) is 39.6 Å². The smallest absolute Gasteiger partial charge is 0.756 e. The third kappa shape index (κ3) is 68.8. The zero-order valence-electron chi connectivity index (χ0n) is 67.4. The van der Waals surface area contributed by atoms with Gasteiger partial charge < -0.3 is 70.2 Å². The number of hydrogen-bond donors (Lipinski definition) is 0. The minimum atomic E-state index is -4.27. The fourth-order valence-electron chi connectivity index (χ4n) is 10.9. The van der Waals surface area contributed by atoms with E-state index in [-0.39, 0.29) is 76.8 Å². The molecule has 0 spiro atoms. The van der Waals surface area contributed by atoms with Crippen molar-refractivity contribution in [3.8, 4) is 17.2 Å². The minimum absolute atomic E-state index is 0. The third-order valence-corrected chi connectivity index (χ3v) is 20.4. The van der Waals surface area contributed by atoms with E-state index in [0.717, 1.165) is 72.5 Å². The van der Waals surface area contributed by atoms with Crippen molar-refractivity contribution in [2.24, 2.45) is 0 Å². The van der Waals surface area contributed by atoms with Crippen LogP contribution in [0.5, 0.6) is 17.2 Å². The first kappa shape index (κ1) is 105. The Morgan fingerprint density at radius 3 is 0.596 bits per heavy atom. The molecule has 3 aromatic carbocycles. The van der Waals surface area contributed by atoms with Crippen LogP contribution in [0.4, 0.5) is 0 Å². The molecule has 0 aliphatic carbocycles. The van der Waals surface area contributed by atoms with Gasteiger partial charge in [-0.25, -0.2) is 14.4 Å². The molecule has 109 heavy (non-hydrogen) atoms. The molecule has 0 aromatic heterocycles. The Kier molecular flexibility index (Phi) is 70.7. The summed E-state index contributed by atoms with van der Waals surface area (Å²) in [5.41, 5.74) is 2.57. The molecule has 0 amide bonds. The van der Waals surface area contributed by atoms with E-state index in [0.29, 0.717) is 57.8 Å². The molecule has 0 N–H and O–H groups in total. The van der Waals surface area contributed by atoms with E-state index in [9.17, 15) is 42.8 Å². The summed E-state index contributed by atoms with van der Waals surface area (Å²) in [4.78, 5) is 70.7. The number of rotatable bonds is 69. The van der Waals surface area contributed by atoms with Gasteiger partial charge in [0.1, 0.15) is 17.2 Å². The molecule has 0 saturated heterocycles. The monoisotopic (exact) mass is 1600 g/mol. The van der Waals surface area contributed by atoms with Crippen LogP contribution in [0.25, 0.3) is 18.2 Å². The summed E-state index contributed by atoms with van der Waals surface area (Å²) in [5.74, 6) is 0.879. The molecule has 3 unspecified atom stereocenters. The Balaban J connectivity index is 0.00000160. The van der Waals surface area contributed by atoms with Gasteiger partial charge in [-0.05, 0) is 129 Å². The summed E-state index contributed by atoms with van der Waals surface area (Å²) in [6.45, 7) is 7.82. The van der Waals surface area contributed by atoms with Gasteiger partial charge in [0.25, 0.3) is 23.5 Å². The van der Waals surface area contributed by atoms with Gasteiger partial charge in [-0.2, -0.15) is 0 Å². The second kappa shape index (κ2) is 73.7. The predicted molar refractivity (Wildman–Crippen MR) is 434 cm³/mol. The number of hydrogen-bond acceptors (Lipinski definition) is 21. The van der Waals surface area contributed by atoms with E-state index in [2.05, 4.69) is 20.8 Å². The largest absolute Gasteiger partial charge is 3.00 e. The summed E-state index contributed by atoms with van der Waals surface area (Å²) in [6, 6.07) is 21.9. The van der Waals surface area contributed by atoms with Gasteiger partial charge in [0.15, 0.2) is 0 Å². The van der Waals surface area contributed by atoms with Crippen LogP contribution in [0, 0.1) is 0 Å². The normalized spacial score (nSPS) is 13.0. The van der Waals surface area contributed by atoms with Crippen LogP contribution < -0.4 is 28.9 Å². The first-order valence-electron chi connectivity index (χ1n) is 40.7. The average molecular weight is 1600 g/mol. The van der Waals surface area contributed by atoms with E-state index in [4.69, 9.17) is 55.6 Å². The summed E-state index contributed by atoms with van der Waals surface area (Å²) in [5, 5.41) is 0. The SMILES string of the molecule is CCCCCCCCCCCCCCOP(=O)([O-])OCCCCOC(=O)/C=C/c1ccc(OC)cc1.CCCCCCCCCCCCCCOP(=O)([O-])OCCCCOC(=O)/C=C/c1ccc(OC)cc1.CCCCCCCCCCCCCCOP(=O)([O-])OCCCCOC(=O)/C=C\c1ccc(OC)cc1.[Al+3]. The van der Waals surface area contributed by atoms with Gasteiger partial charge in [-0.1, -0.05) is 269 Å². The fraction of sp³-hybridized carbons (Fsp3) is 0.679. The number of phosphoric ester groups is 3. The molecule has 618 valence electrons. The van der Waals surface area contributed by atoms with Crippen LogP contribution in [0.3, 0.4) is 0 Å². The summed E-state index contributed by atoms with van der Waals surface area (Å²) < 4.78 is 95.5. The molecule has 0 bridgehead atoms. The Hall–Kier alpha value is -4.45. The number of carbonyl (C=O) groups excluding carboxylic acids is 3. The Morgan fingerprint density at radius 2 is 0.422 bits per heavy atom. The number of esters is 3. The van der Waals surface area contributed by atoms with Crippen LogP contribution >= 0.6 is 23.5 Å². The van der Waals surface area contributed by atoms with Gasteiger partial charge in [-0.15, -0.1) is 0 Å². The topological polar surface area (TPSA) is 282 Å². The van der Waals surface area contributed by atoms with Crippen molar-refractivity contribution in [3.05, 3.63) is 108 Å². The van der Waals surface area contributed by atoms with Gasteiger partial charge in [0, 0.05) is 18.2 Å². The molecule has 0 saturated carbocycles. The summed E-state index contributed by atoms with van der Waals surface area (Å²) >= 11 is 0. The standard InChI is InChI=1S/3C28H47O7P.Al/c3*1-3-4-5-6-7-8-9-10-11-12-13-14-24-34-36(30,31)35-25-16-15-23-33-28(29)22-19-26-17-20-27(32-2)21-18-26;/h3*17-22H,3-16,23-25H2,1-2H3,(H,30,31);/q;;;+3/p-3/b2*22-19+;22-19-;. The van der Waals surface area contributed by atoms with Crippen molar-refractivity contribution < 1.29 is 98.3 Å². The Morgan fingerprint density at radius 1 is 0.266 bits per heavy atom. The van der Waals surface area contributed by atoms with Crippen LogP contribution in [0.2, 0.25) is 0 Å². The van der Waals surface area contributed by atoms with E-state index < -0.39 is 41.4 Å². The number of benzene rings is 3. The number of ether oxygens (including phenoxy) is 6.